The van der Waals surface area contributed by atoms with E-state index in [-0.39, 0.29) is 5.91 Å². The molecule has 1 atom stereocenters. The van der Waals surface area contributed by atoms with Crippen LogP contribution in [0.1, 0.15) is 41.5 Å². The Morgan fingerprint density at radius 2 is 2.29 bits per heavy atom. The normalized spacial score (nSPS) is 22.3. The highest BCUT2D eigenvalue weighted by Gasteiger charge is 2.39. The number of fused-ring (bicyclic) bond motifs is 1. The predicted molar refractivity (Wildman–Crippen MR) is 91.9 cm³/mol. The summed E-state index contributed by atoms with van der Waals surface area (Å²) in [6.45, 7) is 3.33. The van der Waals surface area contributed by atoms with Crippen molar-refractivity contribution in [2.24, 2.45) is 0 Å². The molecule has 1 fully saturated rings. The van der Waals surface area contributed by atoms with E-state index in [4.69, 9.17) is 4.74 Å². The molecular formula is C19H21N3O2. The highest BCUT2D eigenvalue weighted by atomic mass is 16.5. The third kappa shape index (κ3) is 2.50. The molecule has 2 aliphatic rings. The number of aromatic nitrogens is 2. The largest absolute Gasteiger partial charge is 0.481 e. The van der Waals surface area contributed by atoms with Crippen LogP contribution in [0.2, 0.25) is 0 Å². The van der Waals surface area contributed by atoms with Gasteiger partial charge in [0.25, 0.3) is 5.91 Å². The number of para-hydroxylation sites is 1. The third-order valence-electron chi connectivity index (χ3n) is 4.85. The lowest BCUT2D eigenvalue weighted by molar-refractivity contribution is 0.0231. The Morgan fingerprint density at radius 1 is 1.42 bits per heavy atom. The SMILES string of the molecule is CCc1[nH]cnc1C(=O)N1CCCC2(C=Cc3ccccc3O2)C1. The Morgan fingerprint density at radius 3 is 3.17 bits per heavy atom. The Balaban J connectivity index is 1.58. The summed E-state index contributed by atoms with van der Waals surface area (Å²) in [6.07, 6.45) is 8.43. The first kappa shape index (κ1) is 15.0. The first-order valence-electron chi connectivity index (χ1n) is 8.49. The number of rotatable bonds is 2. The molecular weight excluding hydrogens is 302 g/mol. The zero-order valence-electron chi connectivity index (χ0n) is 13.8. The van der Waals surface area contributed by atoms with Crippen LogP contribution < -0.4 is 4.74 Å². The summed E-state index contributed by atoms with van der Waals surface area (Å²) in [5.41, 5.74) is 2.09. The molecule has 1 amide bonds. The number of hydrogen-bond acceptors (Lipinski definition) is 3. The second kappa shape index (κ2) is 5.82. The molecule has 5 heteroatoms. The fraction of sp³-hybridized carbons (Fsp3) is 0.368. The van der Waals surface area contributed by atoms with Gasteiger partial charge in [-0.25, -0.2) is 4.98 Å². The molecule has 1 N–H and O–H groups in total. The molecule has 1 unspecified atom stereocenters. The Kier molecular flexibility index (Phi) is 3.63. The number of hydrogen-bond donors (Lipinski definition) is 1. The molecule has 4 rings (SSSR count). The number of imidazole rings is 1. The van der Waals surface area contributed by atoms with Crippen LogP contribution in [-0.4, -0.2) is 39.5 Å². The van der Waals surface area contributed by atoms with Gasteiger partial charge in [-0.1, -0.05) is 31.2 Å². The third-order valence-corrected chi connectivity index (χ3v) is 4.85. The number of ether oxygens (including phenoxy) is 1. The van der Waals surface area contributed by atoms with Gasteiger partial charge >= 0.3 is 0 Å². The van der Waals surface area contributed by atoms with Crippen LogP contribution in [-0.2, 0) is 6.42 Å². The van der Waals surface area contributed by atoms with Gasteiger partial charge in [-0.05, 0) is 31.4 Å². The lowest BCUT2D eigenvalue weighted by atomic mass is 9.89. The Hall–Kier alpha value is -2.56. The quantitative estimate of drug-likeness (QED) is 0.924. The van der Waals surface area contributed by atoms with Crippen LogP contribution >= 0.6 is 0 Å². The highest BCUT2D eigenvalue weighted by Crippen LogP contribution is 2.36. The fourth-order valence-corrected chi connectivity index (χ4v) is 3.57. The number of H-pyrrole nitrogens is 1. The van der Waals surface area contributed by atoms with E-state index >= 15 is 0 Å². The molecule has 5 nitrogen and oxygen atoms in total. The number of aryl methyl sites for hydroxylation is 1. The molecule has 1 aromatic carbocycles. The number of carbonyl (C=O) groups is 1. The van der Waals surface area contributed by atoms with Crippen LogP contribution in [0.25, 0.3) is 6.08 Å². The zero-order chi connectivity index (χ0) is 16.6. The van der Waals surface area contributed by atoms with Crippen molar-refractivity contribution in [2.45, 2.75) is 31.8 Å². The predicted octanol–water partition coefficient (Wildman–Crippen LogP) is 3.05. The minimum absolute atomic E-state index is 0.0111. The second-order valence-corrected chi connectivity index (χ2v) is 6.45. The zero-order valence-corrected chi connectivity index (χ0v) is 13.8. The monoisotopic (exact) mass is 323 g/mol. The lowest BCUT2D eigenvalue weighted by Gasteiger charge is -2.42. The van der Waals surface area contributed by atoms with Crippen LogP contribution in [0.15, 0.2) is 36.7 Å². The second-order valence-electron chi connectivity index (χ2n) is 6.45. The molecule has 3 heterocycles. The molecule has 0 saturated carbocycles. The molecule has 2 aromatic rings. The molecule has 2 aliphatic heterocycles. The van der Waals surface area contributed by atoms with E-state index in [9.17, 15) is 4.79 Å². The maximum absolute atomic E-state index is 12.9. The van der Waals surface area contributed by atoms with Gasteiger partial charge in [-0.15, -0.1) is 0 Å². The van der Waals surface area contributed by atoms with Crippen molar-refractivity contribution < 1.29 is 9.53 Å². The van der Waals surface area contributed by atoms with Gasteiger partial charge in [-0.2, -0.15) is 0 Å². The maximum atomic E-state index is 12.9. The van der Waals surface area contributed by atoms with Crippen molar-refractivity contribution in [3.8, 4) is 5.75 Å². The number of amides is 1. The summed E-state index contributed by atoms with van der Waals surface area (Å²) in [6, 6.07) is 8.02. The van der Waals surface area contributed by atoms with Crippen molar-refractivity contribution in [3.05, 3.63) is 53.6 Å². The van der Waals surface area contributed by atoms with E-state index in [0.717, 1.165) is 42.8 Å². The number of piperidine rings is 1. The number of nitrogens with one attached hydrogen (secondary N) is 1. The van der Waals surface area contributed by atoms with E-state index in [1.54, 1.807) is 6.33 Å². The van der Waals surface area contributed by atoms with Gasteiger partial charge < -0.3 is 14.6 Å². The van der Waals surface area contributed by atoms with Crippen LogP contribution in [0.3, 0.4) is 0 Å². The highest BCUT2D eigenvalue weighted by molar-refractivity contribution is 5.93. The number of benzene rings is 1. The van der Waals surface area contributed by atoms with Gasteiger partial charge in [0.1, 0.15) is 17.0 Å². The summed E-state index contributed by atoms with van der Waals surface area (Å²) < 4.78 is 6.31. The number of carbonyl (C=O) groups excluding carboxylic acids is 1. The molecule has 0 bridgehead atoms. The van der Waals surface area contributed by atoms with Crippen molar-refractivity contribution in [1.29, 1.82) is 0 Å². The lowest BCUT2D eigenvalue weighted by Crippen LogP contribution is -2.53. The molecule has 0 aliphatic carbocycles. The minimum Gasteiger partial charge on any atom is -0.481 e. The van der Waals surface area contributed by atoms with Crippen molar-refractivity contribution in [1.82, 2.24) is 14.9 Å². The number of aromatic amines is 1. The topological polar surface area (TPSA) is 58.2 Å². The molecule has 1 spiro atoms. The first-order valence-corrected chi connectivity index (χ1v) is 8.49. The maximum Gasteiger partial charge on any atom is 0.274 e. The Labute approximate surface area is 141 Å². The smallest absolute Gasteiger partial charge is 0.274 e. The molecule has 0 radical (unpaired) electrons. The molecule has 24 heavy (non-hydrogen) atoms. The van der Waals surface area contributed by atoms with Gasteiger partial charge in [-0.3, -0.25) is 4.79 Å². The summed E-state index contributed by atoms with van der Waals surface area (Å²) in [4.78, 5) is 22.0. The fourth-order valence-electron chi connectivity index (χ4n) is 3.57. The van der Waals surface area contributed by atoms with E-state index < -0.39 is 5.60 Å². The summed E-state index contributed by atoms with van der Waals surface area (Å²) >= 11 is 0. The molecule has 1 aromatic heterocycles. The van der Waals surface area contributed by atoms with Crippen LogP contribution in [0, 0.1) is 0 Å². The van der Waals surface area contributed by atoms with Crippen LogP contribution in [0.5, 0.6) is 5.75 Å². The number of likely N-dealkylation sites (tertiary alicyclic amines) is 1. The van der Waals surface area contributed by atoms with E-state index in [2.05, 4.69) is 22.1 Å². The van der Waals surface area contributed by atoms with Gasteiger partial charge in [0.2, 0.25) is 0 Å². The minimum atomic E-state index is -0.426. The summed E-state index contributed by atoms with van der Waals surface area (Å²) in [5, 5.41) is 0. The number of nitrogens with zero attached hydrogens (tertiary/aromatic N) is 2. The average Bonchev–Trinajstić information content (AvgIpc) is 3.10. The summed E-state index contributed by atoms with van der Waals surface area (Å²) in [5.74, 6) is 0.881. The Bertz CT molecular complexity index is 795. The molecule has 1 saturated heterocycles. The average molecular weight is 323 g/mol. The van der Waals surface area contributed by atoms with Crippen molar-refractivity contribution >= 4 is 12.0 Å². The van der Waals surface area contributed by atoms with E-state index in [1.807, 2.05) is 36.1 Å². The van der Waals surface area contributed by atoms with Crippen molar-refractivity contribution in [2.75, 3.05) is 13.1 Å². The standard InChI is InChI=1S/C19H21N3O2/c1-2-15-17(21-13-20-15)18(23)22-11-5-9-19(12-22)10-8-14-6-3-4-7-16(14)24-19/h3-4,6-8,10,13H,2,5,9,11-12H2,1H3,(H,20,21). The van der Waals surface area contributed by atoms with Gasteiger partial charge in [0, 0.05) is 17.8 Å². The van der Waals surface area contributed by atoms with E-state index in [0.29, 0.717) is 12.2 Å². The molecule has 124 valence electrons. The van der Waals surface area contributed by atoms with Crippen LogP contribution in [0.4, 0.5) is 0 Å². The van der Waals surface area contributed by atoms with E-state index in [1.165, 1.54) is 0 Å². The first-order chi connectivity index (χ1) is 11.7. The van der Waals surface area contributed by atoms with Crippen molar-refractivity contribution in [3.63, 3.8) is 0 Å². The summed E-state index contributed by atoms with van der Waals surface area (Å²) in [7, 11) is 0. The van der Waals surface area contributed by atoms with Gasteiger partial charge in [0.05, 0.1) is 12.9 Å². The van der Waals surface area contributed by atoms with Gasteiger partial charge in [0.15, 0.2) is 0 Å².